The van der Waals surface area contributed by atoms with Crippen molar-refractivity contribution < 1.29 is 28.8 Å². The minimum absolute atomic E-state index is 0.143. The molecule has 2 aromatic rings. The number of ketones is 1. The molecular formula is C22H20N2O7. The van der Waals surface area contributed by atoms with Gasteiger partial charge in [0.1, 0.15) is 6.04 Å². The highest BCUT2D eigenvalue weighted by Crippen LogP contribution is 2.27. The van der Waals surface area contributed by atoms with Crippen molar-refractivity contribution in [2.75, 3.05) is 6.61 Å². The van der Waals surface area contributed by atoms with E-state index in [1.807, 2.05) is 6.92 Å². The molecule has 160 valence electrons. The molecule has 0 fully saturated rings. The van der Waals surface area contributed by atoms with Crippen molar-refractivity contribution in [3.8, 4) is 0 Å². The Balaban J connectivity index is 1.72. The summed E-state index contributed by atoms with van der Waals surface area (Å²) in [5, 5.41) is 10.7. The summed E-state index contributed by atoms with van der Waals surface area (Å²) in [5.74, 6) is -2.54. The molecule has 0 bridgehead atoms. The maximum atomic E-state index is 12.7. The molecule has 9 nitrogen and oxygen atoms in total. The van der Waals surface area contributed by atoms with E-state index < -0.39 is 41.1 Å². The lowest BCUT2D eigenvalue weighted by Crippen LogP contribution is -2.46. The van der Waals surface area contributed by atoms with Crippen molar-refractivity contribution in [1.82, 2.24) is 4.90 Å². The van der Waals surface area contributed by atoms with E-state index in [1.165, 1.54) is 36.4 Å². The number of fused-ring (bicyclic) bond motifs is 1. The zero-order valence-corrected chi connectivity index (χ0v) is 16.8. The smallest absolute Gasteiger partial charge is 0.329 e. The maximum absolute atomic E-state index is 12.7. The topological polar surface area (TPSA) is 124 Å². The van der Waals surface area contributed by atoms with Gasteiger partial charge < -0.3 is 4.74 Å². The second-order valence-corrected chi connectivity index (χ2v) is 7.02. The Kier molecular flexibility index (Phi) is 6.54. The van der Waals surface area contributed by atoms with Crippen molar-refractivity contribution in [3.63, 3.8) is 0 Å². The number of carbonyl (C=O) groups is 4. The Morgan fingerprint density at radius 1 is 1.03 bits per heavy atom. The van der Waals surface area contributed by atoms with Crippen LogP contribution in [-0.4, -0.2) is 46.0 Å². The molecule has 2 aromatic carbocycles. The Bertz CT molecular complexity index is 1010. The highest BCUT2D eigenvalue weighted by Gasteiger charge is 2.43. The molecule has 1 heterocycles. The van der Waals surface area contributed by atoms with Crippen LogP contribution in [0.5, 0.6) is 0 Å². The van der Waals surface area contributed by atoms with E-state index in [-0.39, 0.29) is 28.8 Å². The third-order valence-electron chi connectivity index (χ3n) is 4.99. The molecule has 0 saturated heterocycles. The molecule has 9 heteroatoms. The first-order valence-electron chi connectivity index (χ1n) is 9.76. The van der Waals surface area contributed by atoms with Crippen LogP contribution in [0, 0.1) is 10.1 Å². The predicted octanol–water partition coefficient (Wildman–Crippen LogP) is 3.18. The summed E-state index contributed by atoms with van der Waals surface area (Å²) >= 11 is 0. The number of nitrogens with zero attached hydrogens (tertiary/aromatic N) is 2. The third-order valence-corrected chi connectivity index (χ3v) is 4.99. The standard InChI is InChI=1S/C22H20N2O7/c1-2-3-8-18(23-20(26)16-6-4-5-7-17(16)21(23)27)22(28)31-13-19(25)14-9-11-15(12-10-14)24(29)30/h4-7,9-12,18H,2-3,8,13H2,1H3. The molecule has 3 rings (SSSR count). The number of esters is 1. The summed E-state index contributed by atoms with van der Waals surface area (Å²) in [6.45, 7) is 1.30. The van der Waals surface area contributed by atoms with Gasteiger partial charge in [-0.1, -0.05) is 31.9 Å². The number of non-ortho nitro benzene ring substituents is 1. The van der Waals surface area contributed by atoms with Gasteiger partial charge in [0.2, 0.25) is 0 Å². The molecular weight excluding hydrogens is 404 g/mol. The molecule has 1 atom stereocenters. The Hall–Kier alpha value is -3.88. The van der Waals surface area contributed by atoms with E-state index in [1.54, 1.807) is 12.1 Å². The number of nitro benzene ring substituents is 1. The number of nitro groups is 1. The zero-order valence-electron chi connectivity index (χ0n) is 16.8. The molecule has 1 aliphatic rings. The summed E-state index contributed by atoms with van der Waals surface area (Å²) in [6, 6.07) is 10.1. The van der Waals surface area contributed by atoms with Crippen LogP contribution in [-0.2, 0) is 9.53 Å². The molecule has 2 amide bonds. The van der Waals surface area contributed by atoms with Gasteiger partial charge >= 0.3 is 5.97 Å². The van der Waals surface area contributed by atoms with E-state index in [4.69, 9.17) is 4.74 Å². The second kappa shape index (κ2) is 9.29. The number of benzene rings is 2. The lowest BCUT2D eigenvalue weighted by molar-refractivity contribution is -0.384. The summed E-state index contributed by atoms with van der Waals surface area (Å²) in [6.07, 6.45) is 1.52. The van der Waals surface area contributed by atoms with Crippen molar-refractivity contribution >= 4 is 29.3 Å². The number of amides is 2. The number of carbonyl (C=O) groups excluding carboxylic acids is 4. The van der Waals surface area contributed by atoms with Gasteiger partial charge in [0.05, 0.1) is 16.1 Å². The molecule has 1 unspecified atom stereocenters. The number of hydrogen-bond donors (Lipinski definition) is 0. The van der Waals surface area contributed by atoms with Gasteiger partial charge in [0, 0.05) is 17.7 Å². The summed E-state index contributed by atoms with van der Waals surface area (Å²) in [7, 11) is 0. The molecule has 0 aromatic heterocycles. The van der Waals surface area contributed by atoms with Gasteiger partial charge in [-0.05, 0) is 30.7 Å². The normalized spacial score (nSPS) is 13.6. The van der Waals surface area contributed by atoms with Crippen molar-refractivity contribution in [2.45, 2.75) is 32.2 Å². The molecule has 31 heavy (non-hydrogen) atoms. The van der Waals surface area contributed by atoms with Crippen LogP contribution < -0.4 is 0 Å². The molecule has 0 spiro atoms. The summed E-state index contributed by atoms with van der Waals surface area (Å²) in [4.78, 5) is 61.5. The van der Waals surface area contributed by atoms with E-state index in [0.29, 0.717) is 6.42 Å². The van der Waals surface area contributed by atoms with Gasteiger partial charge in [-0.25, -0.2) is 4.79 Å². The van der Waals surface area contributed by atoms with Crippen LogP contribution in [0.15, 0.2) is 48.5 Å². The van der Waals surface area contributed by atoms with E-state index >= 15 is 0 Å². The number of Topliss-reactive ketones (excluding diaryl/α,β-unsaturated/α-hetero) is 1. The molecule has 0 saturated carbocycles. The molecule has 1 aliphatic heterocycles. The van der Waals surface area contributed by atoms with Crippen LogP contribution in [0.25, 0.3) is 0 Å². The van der Waals surface area contributed by atoms with E-state index in [0.717, 1.165) is 11.3 Å². The molecule has 0 radical (unpaired) electrons. The fourth-order valence-corrected chi connectivity index (χ4v) is 3.33. The summed E-state index contributed by atoms with van der Waals surface area (Å²) < 4.78 is 5.13. The van der Waals surface area contributed by atoms with Gasteiger partial charge in [-0.2, -0.15) is 0 Å². The minimum Gasteiger partial charge on any atom is -0.456 e. The van der Waals surface area contributed by atoms with Crippen LogP contribution >= 0.6 is 0 Å². The first kappa shape index (κ1) is 21.8. The zero-order chi connectivity index (χ0) is 22.5. The van der Waals surface area contributed by atoms with Crippen LogP contribution in [0.1, 0.15) is 57.3 Å². The Morgan fingerprint density at radius 2 is 1.61 bits per heavy atom. The van der Waals surface area contributed by atoms with Crippen molar-refractivity contribution in [2.24, 2.45) is 0 Å². The Morgan fingerprint density at radius 3 is 2.13 bits per heavy atom. The lowest BCUT2D eigenvalue weighted by Gasteiger charge is -2.24. The molecule has 0 aliphatic carbocycles. The van der Waals surface area contributed by atoms with E-state index in [2.05, 4.69) is 0 Å². The lowest BCUT2D eigenvalue weighted by atomic mass is 10.1. The monoisotopic (exact) mass is 424 g/mol. The van der Waals surface area contributed by atoms with Gasteiger partial charge in [-0.3, -0.25) is 29.4 Å². The van der Waals surface area contributed by atoms with Crippen LogP contribution in [0.3, 0.4) is 0 Å². The number of unbranched alkanes of at least 4 members (excludes halogenated alkanes) is 1. The number of hydrogen-bond acceptors (Lipinski definition) is 7. The fourth-order valence-electron chi connectivity index (χ4n) is 3.33. The van der Waals surface area contributed by atoms with Gasteiger partial charge in [0.25, 0.3) is 17.5 Å². The summed E-state index contributed by atoms with van der Waals surface area (Å²) in [5.41, 5.74) is 0.426. The average molecular weight is 424 g/mol. The second-order valence-electron chi connectivity index (χ2n) is 7.02. The first-order chi connectivity index (χ1) is 14.8. The SMILES string of the molecule is CCCCC(C(=O)OCC(=O)c1ccc([N+](=O)[O-])cc1)N1C(=O)c2ccccc2C1=O. The quantitative estimate of drug-likeness (QED) is 0.199. The van der Waals surface area contributed by atoms with Crippen molar-refractivity contribution in [3.05, 3.63) is 75.3 Å². The average Bonchev–Trinajstić information content (AvgIpc) is 3.03. The number of imide groups is 1. The third kappa shape index (κ3) is 4.50. The highest BCUT2D eigenvalue weighted by molar-refractivity contribution is 6.22. The van der Waals surface area contributed by atoms with Crippen molar-refractivity contribution in [1.29, 1.82) is 0 Å². The number of ether oxygens (including phenoxy) is 1. The minimum atomic E-state index is -1.14. The number of rotatable bonds is 9. The van der Waals surface area contributed by atoms with Gasteiger partial charge in [-0.15, -0.1) is 0 Å². The fraction of sp³-hybridized carbons (Fsp3) is 0.273. The largest absolute Gasteiger partial charge is 0.456 e. The highest BCUT2D eigenvalue weighted by atomic mass is 16.6. The van der Waals surface area contributed by atoms with E-state index in [9.17, 15) is 29.3 Å². The first-order valence-corrected chi connectivity index (χ1v) is 9.76. The van der Waals surface area contributed by atoms with Gasteiger partial charge in [0.15, 0.2) is 12.4 Å². The Labute approximate surface area is 177 Å². The maximum Gasteiger partial charge on any atom is 0.329 e. The predicted molar refractivity (Wildman–Crippen MR) is 109 cm³/mol. The molecule has 0 N–H and O–H groups in total. The van der Waals surface area contributed by atoms with Crippen LogP contribution in [0.4, 0.5) is 5.69 Å². The van der Waals surface area contributed by atoms with Crippen LogP contribution in [0.2, 0.25) is 0 Å².